The summed E-state index contributed by atoms with van der Waals surface area (Å²) in [7, 11) is 0. The van der Waals surface area contributed by atoms with Crippen LogP contribution in [-0.2, 0) is 10.3 Å². The van der Waals surface area contributed by atoms with Crippen molar-refractivity contribution < 1.29 is 9.26 Å². The molecule has 6 heteroatoms. The summed E-state index contributed by atoms with van der Waals surface area (Å²) >= 11 is 0. The molecule has 2 aromatic heterocycles. The summed E-state index contributed by atoms with van der Waals surface area (Å²) in [5.74, 6) is 0.884. The van der Waals surface area contributed by atoms with Crippen molar-refractivity contribution in [3.8, 4) is 11.5 Å². The topological polar surface area (TPSA) is 87.1 Å². The molecule has 0 radical (unpaired) electrons. The van der Waals surface area contributed by atoms with Crippen molar-refractivity contribution in [3.63, 3.8) is 0 Å². The van der Waals surface area contributed by atoms with Crippen molar-refractivity contribution in [2.45, 2.75) is 44.8 Å². The molecule has 0 aromatic carbocycles. The zero-order valence-corrected chi connectivity index (χ0v) is 12.4. The van der Waals surface area contributed by atoms with Gasteiger partial charge in [0.25, 0.3) is 5.89 Å². The molecule has 2 aromatic rings. The summed E-state index contributed by atoms with van der Waals surface area (Å²) in [6.45, 7) is 4.17. The van der Waals surface area contributed by atoms with Gasteiger partial charge in [0.1, 0.15) is 5.54 Å². The van der Waals surface area contributed by atoms with E-state index in [1.54, 1.807) is 6.20 Å². The molecule has 0 spiro atoms. The van der Waals surface area contributed by atoms with Crippen LogP contribution in [0.3, 0.4) is 0 Å². The van der Waals surface area contributed by atoms with Crippen LogP contribution in [0.25, 0.3) is 11.5 Å². The predicted molar refractivity (Wildman–Crippen MR) is 77.4 cm³/mol. The van der Waals surface area contributed by atoms with E-state index in [1.165, 1.54) is 6.42 Å². The van der Waals surface area contributed by atoms with Gasteiger partial charge in [-0.05, 0) is 45.2 Å². The van der Waals surface area contributed by atoms with E-state index < -0.39 is 5.54 Å². The van der Waals surface area contributed by atoms with Crippen LogP contribution in [0.15, 0.2) is 22.9 Å². The van der Waals surface area contributed by atoms with Crippen molar-refractivity contribution in [1.29, 1.82) is 0 Å². The van der Waals surface area contributed by atoms with Gasteiger partial charge in [0, 0.05) is 11.9 Å². The van der Waals surface area contributed by atoms with E-state index in [4.69, 9.17) is 15.0 Å². The van der Waals surface area contributed by atoms with Crippen LogP contribution >= 0.6 is 0 Å². The van der Waals surface area contributed by atoms with Crippen molar-refractivity contribution >= 4 is 0 Å². The Morgan fingerprint density at radius 1 is 1.43 bits per heavy atom. The highest BCUT2D eigenvalue weighted by Gasteiger charge is 2.30. The molecule has 1 saturated carbocycles. The van der Waals surface area contributed by atoms with Gasteiger partial charge >= 0.3 is 0 Å². The minimum absolute atomic E-state index is 0.334. The fraction of sp³-hybridized carbons (Fsp3) is 0.533. The fourth-order valence-corrected chi connectivity index (χ4v) is 2.06. The van der Waals surface area contributed by atoms with Gasteiger partial charge in [0.15, 0.2) is 5.82 Å². The number of hydrogen-bond donors (Lipinski definition) is 1. The maximum atomic E-state index is 6.26. The number of nitrogens with zero attached hydrogens (tertiary/aromatic N) is 3. The van der Waals surface area contributed by atoms with Gasteiger partial charge in [-0.25, -0.2) is 0 Å². The molecule has 6 nitrogen and oxygen atoms in total. The number of nitrogens with two attached hydrogens (primary N) is 1. The molecule has 3 rings (SSSR count). The summed E-state index contributed by atoms with van der Waals surface area (Å²) in [5.41, 5.74) is 7.23. The number of ether oxygens (including phenoxy) is 1. The van der Waals surface area contributed by atoms with Gasteiger partial charge in [-0.15, -0.1) is 0 Å². The quantitative estimate of drug-likeness (QED) is 0.907. The van der Waals surface area contributed by atoms with Gasteiger partial charge in [-0.1, -0.05) is 5.16 Å². The second-order valence-corrected chi connectivity index (χ2v) is 5.89. The smallest absolute Gasteiger partial charge is 0.259 e. The third kappa shape index (κ3) is 3.11. The van der Waals surface area contributed by atoms with Crippen LogP contribution in [0.4, 0.5) is 0 Å². The molecule has 21 heavy (non-hydrogen) atoms. The molecule has 112 valence electrons. The lowest BCUT2D eigenvalue weighted by molar-refractivity contribution is -0.0222. The number of hydrogen-bond acceptors (Lipinski definition) is 6. The Labute approximate surface area is 123 Å². The molecule has 0 amide bonds. The zero-order chi connectivity index (χ0) is 14.9. The number of aromatic nitrogens is 3. The largest absolute Gasteiger partial charge is 0.376 e. The summed E-state index contributed by atoms with van der Waals surface area (Å²) in [4.78, 5) is 8.60. The molecule has 0 aliphatic heterocycles. The monoisotopic (exact) mass is 288 g/mol. The Morgan fingerprint density at radius 3 is 2.86 bits per heavy atom. The molecule has 0 bridgehead atoms. The van der Waals surface area contributed by atoms with E-state index in [9.17, 15) is 0 Å². The van der Waals surface area contributed by atoms with Crippen molar-refractivity contribution in [2.75, 3.05) is 6.61 Å². The zero-order valence-electron chi connectivity index (χ0n) is 12.4. The van der Waals surface area contributed by atoms with Crippen LogP contribution in [0.5, 0.6) is 0 Å². The number of rotatable bonds is 5. The maximum absolute atomic E-state index is 6.26. The highest BCUT2D eigenvalue weighted by Crippen LogP contribution is 2.25. The normalized spacial score (nSPS) is 18.2. The van der Waals surface area contributed by atoms with Gasteiger partial charge in [-0.2, -0.15) is 4.98 Å². The van der Waals surface area contributed by atoms with Crippen LogP contribution < -0.4 is 5.73 Å². The summed E-state index contributed by atoms with van der Waals surface area (Å²) in [6.07, 6.45) is 5.51. The van der Waals surface area contributed by atoms with E-state index in [1.807, 2.05) is 26.0 Å². The van der Waals surface area contributed by atoms with E-state index in [0.717, 1.165) is 24.1 Å². The van der Waals surface area contributed by atoms with Crippen LogP contribution in [-0.4, -0.2) is 27.8 Å². The average molecular weight is 288 g/mol. The molecule has 1 aliphatic carbocycles. The molecule has 2 N–H and O–H groups in total. The molecule has 2 heterocycles. The van der Waals surface area contributed by atoms with Crippen molar-refractivity contribution in [3.05, 3.63) is 29.8 Å². The Kier molecular flexibility index (Phi) is 3.73. The molecule has 0 saturated heterocycles. The van der Waals surface area contributed by atoms with Crippen LogP contribution in [0.2, 0.25) is 0 Å². The first-order chi connectivity index (χ1) is 10.0. The Morgan fingerprint density at radius 2 is 2.24 bits per heavy atom. The summed E-state index contributed by atoms with van der Waals surface area (Å²) in [6, 6.07) is 3.80. The van der Waals surface area contributed by atoms with Gasteiger partial charge in [-0.3, -0.25) is 4.98 Å². The first-order valence-corrected chi connectivity index (χ1v) is 7.22. The second kappa shape index (κ2) is 5.54. The van der Waals surface area contributed by atoms with Gasteiger partial charge in [0.05, 0.1) is 18.3 Å². The van der Waals surface area contributed by atoms with E-state index in [0.29, 0.717) is 24.4 Å². The lowest BCUT2D eigenvalue weighted by Gasteiger charge is -2.29. The fourth-order valence-electron chi connectivity index (χ4n) is 2.06. The van der Waals surface area contributed by atoms with E-state index >= 15 is 0 Å². The van der Waals surface area contributed by atoms with Crippen LogP contribution in [0.1, 0.15) is 37.7 Å². The van der Waals surface area contributed by atoms with Gasteiger partial charge < -0.3 is 15.0 Å². The van der Waals surface area contributed by atoms with E-state index in [-0.39, 0.29) is 0 Å². The lowest BCUT2D eigenvalue weighted by atomic mass is 9.95. The standard InChI is InChI=1S/C15H20N4O2/c1-10-6-7-11(8-17-10)13-18-14(19-21-13)15(2,16)9-20-12-4-3-5-12/h6-8,12H,3-5,9,16H2,1-2H3. The minimum atomic E-state index is -0.754. The third-order valence-corrected chi connectivity index (χ3v) is 3.77. The molecular formula is C15H20N4O2. The molecule has 1 unspecified atom stereocenters. The summed E-state index contributed by atoms with van der Waals surface area (Å²) < 4.78 is 11.1. The van der Waals surface area contributed by atoms with Gasteiger partial charge in [0.2, 0.25) is 0 Å². The molecular weight excluding hydrogens is 268 g/mol. The lowest BCUT2D eigenvalue weighted by Crippen LogP contribution is -2.41. The highest BCUT2D eigenvalue weighted by atomic mass is 16.5. The van der Waals surface area contributed by atoms with E-state index in [2.05, 4.69) is 15.1 Å². The molecule has 1 aliphatic rings. The predicted octanol–water partition coefficient (Wildman–Crippen LogP) is 2.18. The second-order valence-electron chi connectivity index (χ2n) is 5.89. The Bertz CT molecular complexity index is 602. The Hall–Kier alpha value is -1.79. The maximum Gasteiger partial charge on any atom is 0.259 e. The van der Waals surface area contributed by atoms with Crippen molar-refractivity contribution in [2.24, 2.45) is 5.73 Å². The average Bonchev–Trinajstić information content (AvgIpc) is 2.88. The molecule has 1 atom stereocenters. The number of aryl methyl sites for hydroxylation is 1. The molecule has 1 fully saturated rings. The first kappa shape index (κ1) is 14.2. The van der Waals surface area contributed by atoms with Crippen molar-refractivity contribution in [1.82, 2.24) is 15.1 Å². The third-order valence-electron chi connectivity index (χ3n) is 3.77. The summed E-state index contributed by atoms with van der Waals surface area (Å²) in [5, 5.41) is 3.99. The minimum Gasteiger partial charge on any atom is -0.376 e. The first-order valence-electron chi connectivity index (χ1n) is 7.22. The highest BCUT2D eigenvalue weighted by molar-refractivity contribution is 5.51. The Balaban J connectivity index is 1.71. The SMILES string of the molecule is Cc1ccc(-c2nc(C(C)(N)COC3CCC3)no2)cn1. The number of pyridine rings is 1. The van der Waals surface area contributed by atoms with Crippen LogP contribution in [0, 0.1) is 6.92 Å².